The monoisotopic (exact) mass is 244 g/mol. The Balaban J connectivity index is 1.96. The van der Waals surface area contributed by atoms with E-state index in [9.17, 15) is 0 Å². The molecule has 0 amide bonds. The van der Waals surface area contributed by atoms with Gasteiger partial charge in [-0.2, -0.15) is 0 Å². The Labute approximate surface area is 106 Å². The molecule has 2 N–H and O–H groups in total. The van der Waals surface area contributed by atoms with E-state index in [2.05, 4.69) is 29.2 Å². The molecule has 0 saturated heterocycles. The quantitative estimate of drug-likeness (QED) is 0.779. The lowest BCUT2D eigenvalue weighted by molar-refractivity contribution is 0.882. The Morgan fingerprint density at radius 2 is 1.65 bits per heavy atom. The average Bonchev–Trinajstić information content (AvgIpc) is 2.75. The number of nitrogens with zero attached hydrogens (tertiary/aromatic N) is 1. The first-order valence-electron chi connectivity index (χ1n) is 5.61. The fourth-order valence-corrected chi connectivity index (χ4v) is 2.46. The molecule has 17 heavy (non-hydrogen) atoms. The van der Waals surface area contributed by atoms with Gasteiger partial charge in [-0.1, -0.05) is 35.9 Å². The second-order valence-electron chi connectivity index (χ2n) is 4.33. The summed E-state index contributed by atoms with van der Waals surface area (Å²) in [6.07, 6.45) is 0. The first kappa shape index (κ1) is 10.5. The fourth-order valence-electron chi connectivity index (χ4n) is 2.29. The third-order valence-electron chi connectivity index (χ3n) is 3.17. The molecule has 1 aliphatic heterocycles. The van der Waals surface area contributed by atoms with Crippen molar-refractivity contribution in [2.75, 3.05) is 10.6 Å². The van der Waals surface area contributed by atoms with Crippen molar-refractivity contribution in [3.8, 4) is 0 Å². The molecule has 86 valence electrons. The van der Waals surface area contributed by atoms with Gasteiger partial charge in [0.2, 0.25) is 0 Å². The third-order valence-corrected chi connectivity index (χ3v) is 3.41. The number of hydrogen-bond donors (Lipinski definition) is 1. The van der Waals surface area contributed by atoms with Crippen LogP contribution in [0, 0.1) is 0 Å². The van der Waals surface area contributed by atoms with E-state index in [0.717, 1.165) is 29.5 Å². The number of hydrogen-bond acceptors (Lipinski definition) is 2. The van der Waals surface area contributed by atoms with Crippen LogP contribution < -0.4 is 10.6 Å². The van der Waals surface area contributed by atoms with Gasteiger partial charge in [-0.3, -0.25) is 0 Å². The molecule has 0 fully saturated rings. The van der Waals surface area contributed by atoms with Crippen molar-refractivity contribution >= 4 is 23.0 Å². The van der Waals surface area contributed by atoms with E-state index in [1.165, 1.54) is 11.1 Å². The van der Waals surface area contributed by atoms with Crippen LogP contribution in [-0.4, -0.2) is 0 Å². The van der Waals surface area contributed by atoms with Crippen molar-refractivity contribution in [3.05, 3.63) is 58.6 Å². The van der Waals surface area contributed by atoms with Gasteiger partial charge in [0, 0.05) is 18.1 Å². The molecule has 2 aromatic carbocycles. The molecular weight excluding hydrogens is 232 g/mol. The number of fused-ring (bicyclic) bond motifs is 1. The van der Waals surface area contributed by atoms with Crippen LogP contribution >= 0.6 is 11.6 Å². The highest BCUT2D eigenvalue weighted by Gasteiger charge is 2.20. The van der Waals surface area contributed by atoms with Gasteiger partial charge in [0.05, 0.1) is 11.4 Å². The van der Waals surface area contributed by atoms with E-state index in [4.69, 9.17) is 17.3 Å². The number of benzene rings is 2. The van der Waals surface area contributed by atoms with Gasteiger partial charge >= 0.3 is 0 Å². The molecule has 1 heterocycles. The van der Waals surface area contributed by atoms with Gasteiger partial charge in [0.1, 0.15) is 0 Å². The van der Waals surface area contributed by atoms with Crippen LogP contribution in [0.2, 0.25) is 5.02 Å². The zero-order valence-corrected chi connectivity index (χ0v) is 10.1. The number of rotatable bonds is 1. The first-order chi connectivity index (χ1) is 8.24. The summed E-state index contributed by atoms with van der Waals surface area (Å²) in [7, 11) is 0. The average molecular weight is 245 g/mol. The topological polar surface area (TPSA) is 29.3 Å². The maximum atomic E-state index is 6.02. The van der Waals surface area contributed by atoms with E-state index in [-0.39, 0.29) is 0 Å². The summed E-state index contributed by atoms with van der Waals surface area (Å²) >= 11 is 6.02. The van der Waals surface area contributed by atoms with Crippen molar-refractivity contribution in [1.29, 1.82) is 0 Å². The van der Waals surface area contributed by atoms with Crippen LogP contribution in [0.25, 0.3) is 0 Å². The minimum atomic E-state index is 0.727. The molecule has 0 bridgehead atoms. The standard InChI is InChI=1S/C14H13ClN2/c15-12-5-6-13(16)14(7-12)17-8-10-3-1-2-4-11(10)9-17/h1-7H,8-9,16H2. The van der Waals surface area contributed by atoms with E-state index < -0.39 is 0 Å². The summed E-state index contributed by atoms with van der Waals surface area (Å²) in [5, 5.41) is 0.727. The normalized spacial score (nSPS) is 13.8. The van der Waals surface area contributed by atoms with E-state index in [1.807, 2.05) is 18.2 Å². The number of halogens is 1. The highest BCUT2D eigenvalue weighted by molar-refractivity contribution is 6.31. The Hall–Kier alpha value is -1.67. The summed E-state index contributed by atoms with van der Waals surface area (Å²) in [4.78, 5) is 2.26. The minimum absolute atomic E-state index is 0.727. The summed E-state index contributed by atoms with van der Waals surface area (Å²) in [6, 6.07) is 14.1. The van der Waals surface area contributed by atoms with Crippen LogP contribution in [0.1, 0.15) is 11.1 Å². The van der Waals surface area contributed by atoms with E-state index >= 15 is 0 Å². The van der Waals surface area contributed by atoms with Crippen LogP contribution in [0.5, 0.6) is 0 Å². The molecule has 0 aromatic heterocycles. The molecule has 3 rings (SSSR count). The van der Waals surface area contributed by atoms with E-state index in [1.54, 1.807) is 0 Å². The first-order valence-corrected chi connectivity index (χ1v) is 5.98. The lowest BCUT2D eigenvalue weighted by atomic mass is 10.1. The molecular formula is C14H13ClN2. The Morgan fingerprint density at radius 3 is 2.29 bits per heavy atom. The molecule has 3 heteroatoms. The summed E-state index contributed by atoms with van der Waals surface area (Å²) in [6.45, 7) is 1.81. The van der Waals surface area contributed by atoms with Crippen LogP contribution in [0.3, 0.4) is 0 Å². The molecule has 0 saturated carbocycles. The number of anilines is 2. The third kappa shape index (κ3) is 1.85. The molecule has 0 atom stereocenters. The predicted molar refractivity (Wildman–Crippen MR) is 72.2 cm³/mol. The minimum Gasteiger partial charge on any atom is -0.397 e. The molecule has 2 nitrogen and oxygen atoms in total. The lowest BCUT2D eigenvalue weighted by Crippen LogP contribution is -2.16. The predicted octanol–water partition coefficient (Wildman–Crippen LogP) is 3.44. The van der Waals surface area contributed by atoms with E-state index in [0.29, 0.717) is 0 Å². The molecule has 2 aromatic rings. The Morgan fingerprint density at radius 1 is 1.00 bits per heavy atom. The Kier molecular flexibility index (Phi) is 2.45. The smallest absolute Gasteiger partial charge is 0.0620 e. The summed E-state index contributed by atoms with van der Waals surface area (Å²) in [5.41, 5.74) is 10.5. The van der Waals surface area contributed by atoms with Gasteiger partial charge in [-0.05, 0) is 29.3 Å². The van der Waals surface area contributed by atoms with Gasteiger partial charge in [0.25, 0.3) is 0 Å². The fraction of sp³-hybridized carbons (Fsp3) is 0.143. The van der Waals surface area contributed by atoms with Crippen molar-refractivity contribution in [2.24, 2.45) is 0 Å². The highest BCUT2D eigenvalue weighted by Crippen LogP contribution is 2.33. The van der Waals surface area contributed by atoms with Crippen molar-refractivity contribution in [1.82, 2.24) is 0 Å². The molecule has 0 radical (unpaired) electrons. The molecule has 0 unspecified atom stereocenters. The highest BCUT2D eigenvalue weighted by atomic mass is 35.5. The molecule has 0 aliphatic carbocycles. The zero-order valence-electron chi connectivity index (χ0n) is 9.36. The largest absolute Gasteiger partial charge is 0.397 e. The van der Waals surface area contributed by atoms with Gasteiger partial charge < -0.3 is 10.6 Å². The van der Waals surface area contributed by atoms with Gasteiger partial charge in [0.15, 0.2) is 0 Å². The van der Waals surface area contributed by atoms with Crippen LogP contribution in [0.4, 0.5) is 11.4 Å². The van der Waals surface area contributed by atoms with Gasteiger partial charge in [-0.25, -0.2) is 0 Å². The van der Waals surface area contributed by atoms with Crippen LogP contribution in [-0.2, 0) is 13.1 Å². The maximum Gasteiger partial charge on any atom is 0.0620 e. The van der Waals surface area contributed by atoms with Crippen molar-refractivity contribution in [2.45, 2.75) is 13.1 Å². The number of nitrogens with two attached hydrogens (primary N) is 1. The summed E-state index contributed by atoms with van der Waals surface area (Å²) in [5.74, 6) is 0. The Bertz CT molecular complexity index is 541. The van der Waals surface area contributed by atoms with Crippen LogP contribution in [0.15, 0.2) is 42.5 Å². The summed E-state index contributed by atoms with van der Waals surface area (Å²) < 4.78 is 0. The maximum absolute atomic E-state index is 6.02. The van der Waals surface area contributed by atoms with Crippen molar-refractivity contribution in [3.63, 3.8) is 0 Å². The second-order valence-corrected chi connectivity index (χ2v) is 4.76. The van der Waals surface area contributed by atoms with Gasteiger partial charge in [-0.15, -0.1) is 0 Å². The lowest BCUT2D eigenvalue weighted by Gasteiger charge is -2.20. The second kappa shape index (κ2) is 3.97. The van der Waals surface area contributed by atoms with Crippen molar-refractivity contribution < 1.29 is 0 Å². The number of nitrogen functional groups attached to an aromatic ring is 1. The SMILES string of the molecule is Nc1ccc(Cl)cc1N1Cc2ccccc2C1. The molecule has 1 aliphatic rings. The zero-order chi connectivity index (χ0) is 11.8. The molecule has 0 spiro atoms.